The van der Waals surface area contributed by atoms with E-state index in [0.717, 1.165) is 5.56 Å². The van der Waals surface area contributed by atoms with E-state index in [1.54, 1.807) is 26.8 Å². The summed E-state index contributed by atoms with van der Waals surface area (Å²) in [5.74, 6) is 0.273. The largest absolute Gasteiger partial charge is 0.487 e. The minimum absolute atomic E-state index is 0.0304. The number of carboxylic acid groups (broad SMARTS) is 1. The number of carbonyl (C=O) groups excluding carboxylic acids is 1. The lowest BCUT2D eigenvalue weighted by Gasteiger charge is -2.44. The van der Waals surface area contributed by atoms with Crippen LogP contribution in [-0.4, -0.2) is 40.0 Å². The summed E-state index contributed by atoms with van der Waals surface area (Å²) in [5, 5.41) is 18.9. The zero-order valence-electron chi connectivity index (χ0n) is 19.4. The zero-order chi connectivity index (χ0) is 25.0. The van der Waals surface area contributed by atoms with Crippen molar-refractivity contribution in [2.24, 2.45) is 5.41 Å². The van der Waals surface area contributed by atoms with Gasteiger partial charge in [0.15, 0.2) is 11.6 Å². The predicted octanol–water partition coefficient (Wildman–Crippen LogP) is 6.58. The standard InChI is InChI=1S/C22H29BrClN3O5S/c1-20(2,3)22(27-18(28)29,10-13-7-8-33-11-13)12-31-15-9-14(23)16(24)25-17(15)26-19(30)32-21(4,5)6/h7-9,11,27H,10,12H2,1-6H3,(H,28,29)(H,25,26,30)/t22-/m1/s1. The molecule has 33 heavy (non-hydrogen) atoms. The molecule has 2 aromatic heterocycles. The molecule has 0 aliphatic rings. The smallest absolute Gasteiger partial charge is 0.413 e. The maximum atomic E-state index is 12.3. The summed E-state index contributed by atoms with van der Waals surface area (Å²) in [7, 11) is 0. The van der Waals surface area contributed by atoms with E-state index in [1.165, 1.54) is 11.3 Å². The van der Waals surface area contributed by atoms with Crippen molar-refractivity contribution in [3.05, 3.63) is 38.1 Å². The normalized spacial score (nSPS) is 13.7. The summed E-state index contributed by atoms with van der Waals surface area (Å²) < 4.78 is 11.9. The number of halogens is 2. The number of rotatable bonds is 7. The number of nitrogens with zero attached hydrogens (tertiary/aromatic N) is 1. The Balaban J connectivity index is 2.40. The summed E-state index contributed by atoms with van der Waals surface area (Å²) in [5.41, 5.74) is -1.24. The average molecular weight is 563 g/mol. The third-order valence-corrected chi connectivity index (χ3v) is 6.71. The van der Waals surface area contributed by atoms with Gasteiger partial charge in [-0.05, 0) is 64.5 Å². The maximum Gasteiger partial charge on any atom is 0.413 e. The van der Waals surface area contributed by atoms with Gasteiger partial charge in [-0.2, -0.15) is 11.3 Å². The molecule has 11 heteroatoms. The molecule has 2 aromatic rings. The molecule has 0 fully saturated rings. The number of nitrogens with one attached hydrogen (secondary N) is 2. The Morgan fingerprint density at radius 2 is 1.91 bits per heavy atom. The molecule has 0 aliphatic heterocycles. The van der Waals surface area contributed by atoms with Crippen molar-refractivity contribution in [2.45, 2.75) is 59.1 Å². The van der Waals surface area contributed by atoms with Crippen molar-refractivity contribution in [3.63, 3.8) is 0 Å². The highest BCUT2D eigenvalue weighted by molar-refractivity contribution is 9.10. The van der Waals surface area contributed by atoms with Gasteiger partial charge in [0.1, 0.15) is 17.4 Å². The average Bonchev–Trinajstić information content (AvgIpc) is 3.13. The highest BCUT2D eigenvalue weighted by Crippen LogP contribution is 2.37. The van der Waals surface area contributed by atoms with E-state index in [4.69, 9.17) is 21.1 Å². The van der Waals surface area contributed by atoms with Crippen LogP contribution >= 0.6 is 38.9 Å². The van der Waals surface area contributed by atoms with Gasteiger partial charge in [-0.3, -0.25) is 5.32 Å². The molecule has 0 aliphatic carbocycles. The van der Waals surface area contributed by atoms with E-state index < -0.39 is 28.7 Å². The lowest BCUT2D eigenvalue weighted by molar-refractivity contribution is 0.0629. The van der Waals surface area contributed by atoms with Crippen LogP contribution in [0.15, 0.2) is 27.4 Å². The molecule has 0 saturated carbocycles. The fourth-order valence-electron chi connectivity index (χ4n) is 3.00. The van der Waals surface area contributed by atoms with E-state index in [2.05, 4.69) is 31.5 Å². The fraction of sp³-hybridized carbons (Fsp3) is 0.500. The van der Waals surface area contributed by atoms with Gasteiger partial charge >= 0.3 is 12.2 Å². The molecule has 2 amide bonds. The lowest BCUT2D eigenvalue weighted by atomic mass is 9.71. The molecular formula is C22H29BrClN3O5S. The second kappa shape index (κ2) is 10.5. The van der Waals surface area contributed by atoms with Gasteiger partial charge in [-0.25, -0.2) is 14.6 Å². The topological polar surface area (TPSA) is 110 Å². The first-order valence-corrected chi connectivity index (χ1v) is 12.2. The van der Waals surface area contributed by atoms with E-state index >= 15 is 0 Å². The lowest BCUT2D eigenvalue weighted by Crippen LogP contribution is -2.62. The molecule has 3 N–H and O–H groups in total. The molecule has 182 valence electrons. The van der Waals surface area contributed by atoms with Gasteiger partial charge in [0.2, 0.25) is 0 Å². The molecule has 0 aromatic carbocycles. The second-order valence-electron chi connectivity index (χ2n) is 9.59. The highest BCUT2D eigenvalue weighted by atomic mass is 79.9. The van der Waals surface area contributed by atoms with Crippen LogP contribution in [0.2, 0.25) is 5.15 Å². The van der Waals surface area contributed by atoms with E-state index in [0.29, 0.717) is 10.9 Å². The maximum absolute atomic E-state index is 12.3. The van der Waals surface area contributed by atoms with Crippen LogP contribution < -0.4 is 15.4 Å². The number of pyridine rings is 1. The highest BCUT2D eigenvalue weighted by Gasteiger charge is 2.45. The van der Waals surface area contributed by atoms with Crippen LogP contribution in [0.4, 0.5) is 15.4 Å². The fourth-order valence-corrected chi connectivity index (χ4v) is 4.10. The van der Waals surface area contributed by atoms with E-state index in [9.17, 15) is 14.7 Å². The number of hydrogen-bond donors (Lipinski definition) is 3. The van der Waals surface area contributed by atoms with Crippen LogP contribution in [0.1, 0.15) is 47.1 Å². The van der Waals surface area contributed by atoms with Gasteiger partial charge in [0.05, 0.1) is 10.0 Å². The number of aromatic nitrogens is 1. The van der Waals surface area contributed by atoms with Crippen molar-refractivity contribution in [1.29, 1.82) is 0 Å². The first-order valence-electron chi connectivity index (χ1n) is 10.1. The number of anilines is 1. The third kappa shape index (κ3) is 7.75. The summed E-state index contributed by atoms with van der Waals surface area (Å²) in [6, 6.07) is 3.52. The van der Waals surface area contributed by atoms with Crippen LogP contribution in [-0.2, 0) is 11.2 Å². The van der Waals surface area contributed by atoms with Crippen LogP contribution in [0.3, 0.4) is 0 Å². The summed E-state index contributed by atoms with van der Waals surface area (Å²) >= 11 is 11.0. The zero-order valence-corrected chi connectivity index (χ0v) is 22.6. The number of amides is 2. The Kier molecular flexibility index (Phi) is 8.64. The molecule has 0 unspecified atom stereocenters. The van der Waals surface area contributed by atoms with Crippen molar-refractivity contribution < 1.29 is 24.2 Å². The number of thiophene rings is 1. The summed E-state index contributed by atoms with van der Waals surface area (Å²) in [6.45, 7) is 11.0. The minimum Gasteiger partial charge on any atom is -0.487 e. The van der Waals surface area contributed by atoms with Gasteiger partial charge in [-0.15, -0.1) is 0 Å². The molecule has 0 saturated heterocycles. The SMILES string of the molecule is CC(C)(C)OC(=O)Nc1nc(Cl)c(Br)cc1OC[C@@](Cc1ccsc1)(NC(=O)O)C(C)(C)C. The molecule has 2 heterocycles. The molecule has 0 radical (unpaired) electrons. The molecule has 8 nitrogen and oxygen atoms in total. The molecule has 0 bridgehead atoms. The predicted molar refractivity (Wildman–Crippen MR) is 134 cm³/mol. The van der Waals surface area contributed by atoms with Crippen LogP contribution in [0.25, 0.3) is 0 Å². The van der Waals surface area contributed by atoms with Gasteiger partial charge in [-0.1, -0.05) is 32.4 Å². The van der Waals surface area contributed by atoms with E-state index in [1.807, 2.05) is 37.6 Å². The first kappa shape index (κ1) is 27.2. The third-order valence-electron chi connectivity index (χ3n) is 4.86. The number of carbonyl (C=O) groups is 2. The number of ether oxygens (including phenoxy) is 2. The monoisotopic (exact) mass is 561 g/mol. The Bertz CT molecular complexity index is 989. The van der Waals surface area contributed by atoms with Crippen molar-refractivity contribution in [1.82, 2.24) is 10.3 Å². The second-order valence-corrected chi connectivity index (χ2v) is 11.6. The van der Waals surface area contributed by atoms with Gasteiger partial charge < -0.3 is 19.9 Å². The van der Waals surface area contributed by atoms with E-state index in [-0.39, 0.29) is 23.3 Å². The van der Waals surface area contributed by atoms with Gasteiger partial charge in [0, 0.05) is 12.5 Å². The summed E-state index contributed by atoms with van der Waals surface area (Å²) in [4.78, 5) is 28.3. The molecule has 2 rings (SSSR count). The molecular weight excluding hydrogens is 534 g/mol. The van der Waals surface area contributed by atoms with Crippen LogP contribution in [0, 0.1) is 5.41 Å². The first-order chi connectivity index (χ1) is 15.1. The summed E-state index contributed by atoms with van der Waals surface area (Å²) in [6.07, 6.45) is -1.47. The Morgan fingerprint density at radius 3 is 2.42 bits per heavy atom. The molecule has 1 atom stereocenters. The van der Waals surface area contributed by atoms with Crippen molar-refractivity contribution in [3.8, 4) is 5.75 Å². The Labute approximate surface area is 211 Å². The Hall–Kier alpha value is -2.04. The van der Waals surface area contributed by atoms with Crippen LogP contribution in [0.5, 0.6) is 5.75 Å². The molecule has 0 spiro atoms. The van der Waals surface area contributed by atoms with Crippen molar-refractivity contribution in [2.75, 3.05) is 11.9 Å². The van der Waals surface area contributed by atoms with Gasteiger partial charge in [0.25, 0.3) is 0 Å². The van der Waals surface area contributed by atoms with Crippen molar-refractivity contribution >= 4 is 56.9 Å². The Morgan fingerprint density at radius 1 is 1.24 bits per heavy atom. The quantitative estimate of drug-likeness (QED) is 0.329. The minimum atomic E-state index is -1.16. The number of hydrogen-bond acceptors (Lipinski definition) is 6.